The standard InChI is InChI=1S/C36H42N2O8Si/c1-22-34(47(5,6)28-13-10-26(43-3)11-14-28)31(16-17-39)46-36(22)29-19-27(44-4)12-15-30(29)37(35(36)42)21-24-8-7-9-25(18-24)38-32(41)20-33(38)45-23(2)40/h7-15,18-19,22,31,33-34,39H,16-17,20-21H2,1-6H3/t22-,31+,33?,34-,36+/m1/s1. The molecule has 3 heterocycles. The highest BCUT2D eigenvalue weighted by Gasteiger charge is 2.66. The molecule has 3 aliphatic rings. The lowest BCUT2D eigenvalue weighted by Gasteiger charge is -2.39. The molecule has 2 amide bonds. The Balaban J connectivity index is 1.38. The molecule has 2 fully saturated rings. The van der Waals surface area contributed by atoms with E-state index in [-0.39, 0.29) is 48.9 Å². The summed E-state index contributed by atoms with van der Waals surface area (Å²) in [6, 6.07) is 21.2. The molecule has 0 bridgehead atoms. The van der Waals surface area contributed by atoms with E-state index in [4.69, 9.17) is 18.9 Å². The third-order valence-electron chi connectivity index (χ3n) is 10.2. The fourth-order valence-electron chi connectivity index (χ4n) is 7.94. The quantitative estimate of drug-likeness (QED) is 0.193. The fourth-order valence-corrected chi connectivity index (χ4v) is 12.0. The van der Waals surface area contributed by atoms with Crippen LogP contribution in [0.1, 0.15) is 37.8 Å². The summed E-state index contributed by atoms with van der Waals surface area (Å²) in [5.74, 6) is 0.425. The normalized spacial score (nSPS) is 25.2. The molecular formula is C36H42N2O8Si. The van der Waals surface area contributed by atoms with Gasteiger partial charge in [-0.1, -0.05) is 49.5 Å². The number of benzene rings is 3. The van der Waals surface area contributed by atoms with E-state index in [0.29, 0.717) is 17.9 Å². The number of fused-ring (bicyclic) bond motifs is 2. The number of β-lactam (4-membered cyclic amide) rings is 1. The molecule has 5 atom stereocenters. The Bertz CT molecular complexity index is 1690. The second-order valence-electron chi connectivity index (χ2n) is 13.1. The van der Waals surface area contributed by atoms with Crippen molar-refractivity contribution in [3.8, 4) is 11.5 Å². The summed E-state index contributed by atoms with van der Waals surface area (Å²) in [5.41, 5.74) is 1.61. The van der Waals surface area contributed by atoms with Crippen LogP contribution in [0.5, 0.6) is 11.5 Å². The molecule has 47 heavy (non-hydrogen) atoms. The summed E-state index contributed by atoms with van der Waals surface area (Å²) in [6.07, 6.45) is -0.453. The van der Waals surface area contributed by atoms with Gasteiger partial charge in [-0.25, -0.2) is 0 Å². The Morgan fingerprint density at radius 3 is 2.36 bits per heavy atom. The highest BCUT2D eigenvalue weighted by atomic mass is 28.3. The smallest absolute Gasteiger partial charge is 0.304 e. The van der Waals surface area contributed by atoms with Crippen LogP contribution < -0.4 is 24.5 Å². The van der Waals surface area contributed by atoms with E-state index in [1.165, 1.54) is 17.0 Å². The Morgan fingerprint density at radius 2 is 1.72 bits per heavy atom. The monoisotopic (exact) mass is 658 g/mol. The molecule has 0 radical (unpaired) electrons. The lowest BCUT2D eigenvalue weighted by molar-refractivity contribution is -0.154. The van der Waals surface area contributed by atoms with Crippen molar-refractivity contribution in [2.75, 3.05) is 30.6 Å². The van der Waals surface area contributed by atoms with Crippen LogP contribution in [0.4, 0.5) is 11.4 Å². The van der Waals surface area contributed by atoms with E-state index >= 15 is 0 Å². The van der Waals surface area contributed by atoms with Gasteiger partial charge in [0.05, 0.1) is 47.1 Å². The number of aliphatic hydroxyl groups excluding tert-OH is 1. The van der Waals surface area contributed by atoms with E-state index in [9.17, 15) is 19.5 Å². The molecule has 1 N–H and O–H groups in total. The molecular weight excluding hydrogens is 616 g/mol. The zero-order valence-electron chi connectivity index (χ0n) is 27.7. The first-order chi connectivity index (χ1) is 22.5. The summed E-state index contributed by atoms with van der Waals surface area (Å²) < 4.78 is 23.4. The molecule has 3 aromatic carbocycles. The van der Waals surface area contributed by atoms with E-state index < -0.39 is 25.9 Å². The molecule has 1 spiro atoms. The minimum Gasteiger partial charge on any atom is -0.497 e. The van der Waals surface area contributed by atoms with Crippen molar-refractivity contribution in [2.45, 2.75) is 69.8 Å². The van der Waals surface area contributed by atoms with Gasteiger partial charge in [-0.3, -0.25) is 19.3 Å². The summed E-state index contributed by atoms with van der Waals surface area (Å²) in [4.78, 5) is 42.3. The lowest BCUT2D eigenvalue weighted by Crippen LogP contribution is -2.54. The van der Waals surface area contributed by atoms with Gasteiger partial charge in [-0.2, -0.15) is 0 Å². The first kappa shape index (κ1) is 32.7. The predicted molar refractivity (Wildman–Crippen MR) is 180 cm³/mol. The Morgan fingerprint density at radius 1 is 1.02 bits per heavy atom. The molecule has 1 unspecified atom stereocenters. The van der Waals surface area contributed by atoms with E-state index in [1.807, 2.05) is 48.5 Å². The van der Waals surface area contributed by atoms with Crippen LogP contribution in [-0.2, 0) is 36.0 Å². The molecule has 0 saturated carbocycles. The van der Waals surface area contributed by atoms with Gasteiger partial charge in [-0.15, -0.1) is 0 Å². The predicted octanol–water partition coefficient (Wildman–Crippen LogP) is 4.47. The highest BCUT2D eigenvalue weighted by Crippen LogP contribution is 2.60. The van der Waals surface area contributed by atoms with Crippen LogP contribution in [0.15, 0.2) is 66.7 Å². The van der Waals surface area contributed by atoms with Crippen molar-refractivity contribution in [1.82, 2.24) is 0 Å². The summed E-state index contributed by atoms with van der Waals surface area (Å²) >= 11 is 0. The van der Waals surface area contributed by atoms with Gasteiger partial charge >= 0.3 is 5.97 Å². The van der Waals surface area contributed by atoms with Crippen LogP contribution in [0, 0.1) is 5.92 Å². The number of anilines is 2. The third kappa shape index (κ3) is 5.40. The van der Waals surface area contributed by atoms with Crippen LogP contribution in [-0.4, -0.2) is 64.1 Å². The molecule has 248 valence electrons. The number of ether oxygens (including phenoxy) is 4. The topological polar surface area (TPSA) is 115 Å². The minimum absolute atomic E-state index is 0.00459. The van der Waals surface area contributed by atoms with Crippen LogP contribution >= 0.6 is 0 Å². The number of methoxy groups -OCH3 is 2. The molecule has 0 aliphatic carbocycles. The van der Waals surface area contributed by atoms with Gasteiger partial charge in [0, 0.05) is 30.7 Å². The van der Waals surface area contributed by atoms with Gasteiger partial charge in [0.15, 0.2) is 11.8 Å². The molecule has 3 aliphatic heterocycles. The molecule has 3 aromatic rings. The second-order valence-corrected chi connectivity index (χ2v) is 17.8. The third-order valence-corrected chi connectivity index (χ3v) is 14.6. The average molecular weight is 659 g/mol. The zero-order valence-corrected chi connectivity index (χ0v) is 28.7. The summed E-state index contributed by atoms with van der Waals surface area (Å²) in [6.45, 7) is 8.21. The van der Waals surface area contributed by atoms with E-state index in [2.05, 4.69) is 32.2 Å². The Kier molecular flexibility index (Phi) is 8.66. The van der Waals surface area contributed by atoms with Crippen molar-refractivity contribution >= 4 is 42.4 Å². The van der Waals surface area contributed by atoms with E-state index in [1.54, 1.807) is 25.2 Å². The van der Waals surface area contributed by atoms with Gasteiger partial charge in [0.2, 0.25) is 5.91 Å². The number of amides is 2. The number of hydrogen-bond acceptors (Lipinski definition) is 8. The summed E-state index contributed by atoms with van der Waals surface area (Å²) in [7, 11) is 0.932. The average Bonchev–Trinajstić information content (AvgIpc) is 3.47. The number of carbonyl (C=O) groups is 3. The first-order valence-corrected chi connectivity index (χ1v) is 19.1. The van der Waals surface area contributed by atoms with Crippen molar-refractivity contribution in [3.05, 3.63) is 77.9 Å². The number of nitrogens with zero attached hydrogens (tertiary/aromatic N) is 2. The number of carbonyl (C=O) groups excluding carboxylic acids is 3. The number of aliphatic hydroxyl groups is 1. The van der Waals surface area contributed by atoms with Crippen molar-refractivity contribution < 1.29 is 38.4 Å². The van der Waals surface area contributed by atoms with E-state index in [0.717, 1.165) is 22.6 Å². The lowest BCUT2D eigenvalue weighted by atomic mass is 9.82. The van der Waals surface area contributed by atoms with Crippen LogP contribution in [0.3, 0.4) is 0 Å². The van der Waals surface area contributed by atoms with Crippen LogP contribution in [0.25, 0.3) is 0 Å². The Hall–Kier alpha value is -4.19. The SMILES string of the molecule is COc1ccc([Si](C)(C)[C@H]2[C@H](CCO)O[C@@]3(C(=O)N(Cc4cccc(N5C(=O)CC5OC(C)=O)c4)c4ccc(OC)cc43)[C@@H]2C)cc1. The van der Waals surface area contributed by atoms with Gasteiger partial charge < -0.3 is 29.0 Å². The maximum absolute atomic E-state index is 14.9. The van der Waals surface area contributed by atoms with Crippen molar-refractivity contribution in [3.63, 3.8) is 0 Å². The first-order valence-electron chi connectivity index (χ1n) is 16.0. The second kappa shape index (κ2) is 12.4. The molecule has 0 aromatic heterocycles. The highest BCUT2D eigenvalue weighted by molar-refractivity contribution is 6.91. The van der Waals surface area contributed by atoms with Crippen LogP contribution in [0.2, 0.25) is 18.6 Å². The van der Waals surface area contributed by atoms with Crippen molar-refractivity contribution in [2.24, 2.45) is 5.92 Å². The molecule has 6 rings (SSSR count). The minimum atomic E-state index is -2.32. The molecule has 10 nitrogen and oxygen atoms in total. The Labute approximate surface area is 276 Å². The van der Waals surface area contributed by atoms with Gasteiger partial charge in [0.25, 0.3) is 5.91 Å². The van der Waals surface area contributed by atoms with Gasteiger partial charge in [0.1, 0.15) is 11.5 Å². The largest absolute Gasteiger partial charge is 0.497 e. The molecule has 11 heteroatoms. The maximum atomic E-state index is 14.9. The number of rotatable bonds is 10. The maximum Gasteiger partial charge on any atom is 0.304 e. The summed E-state index contributed by atoms with van der Waals surface area (Å²) in [5, 5.41) is 11.4. The molecule has 2 saturated heterocycles. The number of esters is 1. The van der Waals surface area contributed by atoms with Gasteiger partial charge in [-0.05, 0) is 60.0 Å². The van der Waals surface area contributed by atoms with Crippen molar-refractivity contribution in [1.29, 1.82) is 0 Å². The fraction of sp³-hybridized carbons (Fsp3) is 0.417. The number of hydrogen-bond donors (Lipinski definition) is 1. The zero-order chi connectivity index (χ0) is 33.7.